The smallest absolute Gasteiger partial charge is 0.224 e. The summed E-state index contributed by atoms with van der Waals surface area (Å²) in [4.78, 5) is 18.8. The molecule has 2 heterocycles. The van der Waals surface area contributed by atoms with Crippen LogP contribution in [0.3, 0.4) is 0 Å². The van der Waals surface area contributed by atoms with Crippen molar-refractivity contribution in [3.63, 3.8) is 0 Å². The van der Waals surface area contributed by atoms with Crippen molar-refractivity contribution in [3.05, 3.63) is 24.0 Å². The van der Waals surface area contributed by atoms with E-state index in [1.807, 2.05) is 12.1 Å². The lowest BCUT2D eigenvalue weighted by molar-refractivity contribution is -0.116. The number of anilines is 1. The predicted octanol–water partition coefficient (Wildman–Crippen LogP) is 2.61. The number of nitrogens with one attached hydrogen (secondary N) is 1. The second kappa shape index (κ2) is 5.85. The molecule has 1 aliphatic heterocycles. The molecule has 0 unspecified atom stereocenters. The van der Waals surface area contributed by atoms with Gasteiger partial charge in [0.2, 0.25) is 5.91 Å². The first kappa shape index (κ1) is 14.1. The lowest BCUT2D eigenvalue weighted by atomic mass is 10.2. The number of rotatable bonds is 4. The predicted molar refractivity (Wildman–Crippen MR) is 84.2 cm³/mol. The number of nitrogens with zero attached hydrogens (tertiary/aromatic N) is 3. The molecule has 1 amide bonds. The molecular formula is C16H22N4O. The van der Waals surface area contributed by atoms with Crippen LogP contribution < -0.4 is 5.32 Å². The normalized spacial score (nSPS) is 15.1. The summed E-state index contributed by atoms with van der Waals surface area (Å²) in [5, 5.41) is 2.96. The van der Waals surface area contributed by atoms with Crippen molar-refractivity contribution in [2.75, 3.05) is 18.9 Å². The van der Waals surface area contributed by atoms with Gasteiger partial charge in [0.1, 0.15) is 5.82 Å². The van der Waals surface area contributed by atoms with Crippen LogP contribution in [-0.4, -0.2) is 34.0 Å². The van der Waals surface area contributed by atoms with Crippen molar-refractivity contribution >= 4 is 22.6 Å². The quantitative estimate of drug-likeness (QED) is 0.940. The van der Waals surface area contributed by atoms with Crippen molar-refractivity contribution < 1.29 is 4.79 Å². The number of imidazole rings is 1. The number of amides is 1. The summed E-state index contributed by atoms with van der Waals surface area (Å²) in [5.41, 5.74) is 2.96. The molecule has 1 aliphatic rings. The van der Waals surface area contributed by atoms with Crippen LogP contribution >= 0.6 is 0 Å². The van der Waals surface area contributed by atoms with Gasteiger partial charge in [-0.3, -0.25) is 9.69 Å². The Hall–Kier alpha value is -1.88. The second-order valence-electron chi connectivity index (χ2n) is 5.77. The minimum Gasteiger partial charge on any atom is -0.326 e. The van der Waals surface area contributed by atoms with Gasteiger partial charge in [0.15, 0.2) is 0 Å². The van der Waals surface area contributed by atoms with Gasteiger partial charge in [0.05, 0.1) is 17.6 Å². The summed E-state index contributed by atoms with van der Waals surface area (Å²) >= 11 is 0. The summed E-state index contributed by atoms with van der Waals surface area (Å²) in [6, 6.07) is 6.01. The van der Waals surface area contributed by atoms with E-state index >= 15 is 0 Å². The van der Waals surface area contributed by atoms with Gasteiger partial charge in [-0.25, -0.2) is 4.98 Å². The first-order valence-electron chi connectivity index (χ1n) is 7.65. The molecule has 3 rings (SSSR count). The highest BCUT2D eigenvalue weighted by molar-refractivity contribution is 5.93. The van der Waals surface area contributed by atoms with E-state index < -0.39 is 0 Å². The fourth-order valence-corrected chi connectivity index (χ4v) is 2.78. The summed E-state index contributed by atoms with van der Waals surface area (Å²) < 4.78 is 2.28. The van der Waals surface area contributed by atoms with E-state index in [-0.39, 0.29) is 5.91 Å². The lowest BCUT2D eigenvalue weighted by Gasteiger charge is -2.23. The van der Waals surface area contributed by atoms with E-state index in [9.17, 15) is 4.79 Å². The van der Waals surface area contributed by atoms with Crippen LogP contribution in [0.4, 0.5) is 5.69 Å². The molecule has 0 bridgehead atoms. The largest absolute Gasteiger partial charge is 0.326 e. The zero-order chi connectivity index (χ0) is 14.8. The maximum atomic E-state index is 11.8. The Morgan fingerprint density at radius 2 is 2.24 bits per heavy atom. The van der Waals surface area contributed by atoms with E-state index in [1.54, 1.807) is 0 Å². The molecule has 0 aliphatic carbocycles. The molecule has 0 saturated carbocycles. The van der Waals surface area contributed by atoms with Gasteiger partial charge in [0.25, 0.3) is 0 Å². The number of benzene rings is 1. The van der Waals surface area contributed by atoms with Gasteiger partial charge < -0.3 is 9.88 Å². The number of carbonyl (C=O) groups excluding carboxylic acids is 1. The summed E-state index contributed by atoms with van der Waals surface area (Å²) in [7, 11) is 2.11. The average molecular weight is 286 g/mol. The molecule has 5 heteroatoms. The van der Waals surface area contributed by atoms with Crippen LogP contribution in [0.15, 0.2) is 18.2 Å². The minimum absolute atomic E-state index is 0.0832. The molecule has 0 atom stereocenters. The van der Waals surface area contributed by atoms with Crippen LogP contribution in [0.1, 0.15) is 32.0 Å². The molecule has 0 saturated heterocycles. The van der Waals surface area contributed by atoms with Crippen LogP contribution in [0.2, 0.25) is 0 Å². The highest BCUT2D eigenvalue weighted by Gasteiger charge is 2.17. The van der Waals surface area contributed by atoms with Crippen LogP contribution in [0.5, 0.6) is 0 Å². The number of likely N-dealkylation sites (N-methyl/N-ethyl adjacent to an activating group) is 1. The van der Waals surface area contributed by atoms with Gasteiger partial charge in [-0.1, -0.05) is 13.3 Å². The Bertz CT molecular complexity index is 662. The molecule has 0 radical (unpaired) electrons. The Balaban J connectivity index is 1.82. The minimum atomic E-state index is 0.0832. The summed E-state index contributed by atoms with van der Waals surface area (Å²) in [5.74, 6) is 1.19. The standard InChI is InChI=1S/C16H22N4O/c1-3-4-5-16(21)17-12-6-7-14-13(10-12)18-15-11-19(2)8-9-20(14)15/h6-7,10H,3-5,8-9,11H2,1-2H3,(H,17,21). The van der Waals surface area contributed by atoms with Crippen molar-refractivity contribution in [3.8, 4) is 0 Å². The Labute approximate surface area is 125 Å². The Kier molecular flexibility index (Phi) is 3.92. The van der Waals surface area contributed by atoms with E-state index in [1.165, 1.54) is 0 Å². The van der Waals surface area contributed by atoms with Crippen LogP contribution in [0, 0.1) is 0 Å². The molecule has 0 spiro atoms. The summed E-state index contributed by atoms with van der Waals surface area (Å²) in [6.07, 6.45) is 2.55. The molecule has 112 valence electrons. The topological polar surface area (TPSA) is 50.2 Å². The number of hydrogen-bond donors (Lipinski definition) is 1. The third-order valence-electron chi connectivity index (χ3n) is 3.99. The van der Waals surface area contributed by atoms with E-state index in [4.69, 9.17) is 4.98 Å². The molecular weight excluding hydrogens is 264 g/mol. The number of carbonyl (C=O) groups is 1. The van der Waals surface area contributed by atoms with Gasteiger partial charge in [-0.15, -0.1) is 0 Å². The fraction of sp³-hybridized carbons (Fsp3) is 0.500. The first-order chi connectivity index (χ1) is 10.2. The second-order valence-corrected chi connectivity index (χ2v) is 5.77. The van der Waals surface area contributed by atoms with Gasteiger partial charge >= 0.3 is 0 Å². The van der Waals surface area contributed by atoms with Crippen molar-refractivity contribution in [2.45, 2.75) is 39.3 Å². The first-order valence-corrected chi connectivity index (χ1v) is 7.65. The lowest BCUT2D eigenvalue weighted by Crippen LogP contribution is -2.30. The molecule has 5 nitrogen and oxygen atoms in total. The van der Waals surface area contributed by atoms with E-state index in [2.05, 4.69) is 34.8 Å². The maximum Gasteiger partial charge on any atom is 0.224 e. The summed E-state index contributed by atoms with van der Waals surface area (Å²) in [6.45, 7) is 5.00. The molecule has 1 N–H and O–H groups in total. The highest BCUT2D eigenvalue weighted by atomic mass is 16.1. The SMILES string of the molecule is CCCCC(=O)Nc1ccc2c(c1)nc1n2CCN(C)C1. The van der Waals surface area contributed by atoms with Crippen LogP contribution in [-0.2, 0) is 17.9 Å². The van der Waals surface area contributed by atoms with Crippen LogP contribution in [0.25, 0.3) is 11.0 Å². The van der Waals surface area contributed by atoms with Gasteiger partial charge in [-0.05, 0) is 31.7 Å². The number of fused-ring (bicyclic) bond motifs is 3. The van der Waals surface area contributed by atoms with Crippen molar-refractivity contribution in [1.29, 1.82) is 0 Å². The Morgan fingerprint density at radius 3 is 3.05 bits per heavy atom. The monoisotopic (exact) mass is 286 g/mol. The number of unbranched alkanes of at least 4 members (excludes halogenated alkanes) is 1. The molecule has 21 heavy (non-hydrogen) atoms. The Morgan fingerprint density at radius 1 is 1.38 bits per heavy atom. The van der Waals surface area contributed by atoms with Gasteiger partial charge in [0, 0.05) is 25.2 Å². The maximum absolute atomic E-state index is 11.8. The average Bonchev–Trinajstić information content (AvgIpc) is 2.81. The molecule has 2 aromatic rings. The van der Waals surface area contributed by atoms with Gasteiger partial charge in [-0.2, -0.15) is 0 Å². The fourth-order valence-electron chi connectivity index (χ4n) is 2.78. The van der Waals surface area contributed by atoms with Crippen molar-refractivity contribution in [2.24, 2.45) is 0 Å². The highest BCUT2D eigenvalue weighted by Crippen LogP contribution is 2.23. The van der Waals surface area contributed by atoms with E-state index in [0.29, 0.717) is 6.42 Å². The third kappa shape index (κ3) is 2.93. The third-order valence-corrected chi connectivity index (χ3v) is 3.99. The van der Waals surface area contributed by atoms with E-state index in [0.717, 1.165) is 55.0 Å². The zero-order valence-corrected chi connectivity index (χ0v) is 12.7. The molecule has 0 fully saturated rings. The number of hydrogen-bond acceptors (Lipinski definition) is 3. The number of aromatic nitrogens is 2. The zero-order valence-electron chi connectivity index (χ0n) is 12.7. The van der Waals surface area contributed by atoms with Crippen molar-refractivity contribution in [1.82, 2.24) is 14.5 Å². The molecule has 1 aromatic carbocycles. The molecule has 1 aromatic heterocycles.